The van der Waals surface area contributed by atoms with E-state index in [1.54, 1.807) is 0 Å². The van der Waals surface area contributed by atoms with Gasteiger partial charge < -0.3 is 14.5 Å². The van der Waals surface area contributed by atoms with Crippen molar-refractivity contribution in [2.24, 2.45) is 0 Å². The number of benzene rings is 1. The van der Waals surface area contributed by atoms with Gasteiger partial charge in [0.15, 0.2) is 5.58 Å². The standard InChI is InChI=1S/C15H14N4O3/c1-9-4-3-5-11-13(9)19-12(22-11)8-16-14(20)10-6-17-15(21-2)18-7-10/h3-7H,8H2,1-2H3,(H,16,20). The minimum absolute atomic E-state index is 0.193. The molecule has 0 saturated carbocycles. The van der Waals surface area contributed by atoms with Gasteiger partial charge in [0.05, 0.1) is 19.2 Å². The van der Waals surface area contributed by atoms with E-state index in [1.165, 1.54) is 19.5 Å². The fourth-order valence-electron chi connectivity index (χ4n) is 2.00. The van der Waals surface area contributed by atoms with Crippen LogP contribution in [0.15, 0.2) is 35.0 Å². The van der Waals surface area contributed by atoms with Gasteiger partial charge in [-0.05, 0) is 18.6 Å². The van der Waals surface area contributed by atoms with Crippen LogP contribution in [0, 0.1) is 6.92 Å². The summed E-state index contributed by atoms with van der Waals surface area (Å²) in [6.07, 6.45) is 2.80. The van der Waals surface area contributed by atoms with Crippen LogP contribution in [0.4, 0.5) is 0 Å². The quantitative estimate of drug-likeness (QED) is 0.790. The second-order valence-electron chi connectivity index (χ2n) is 4.67. The zero-order valence-electron chi connectivity index (χ0n) is 12.2. The van der Waals surface area contributed by atoms with Gasteiger partial charge in [-0.2, -0.15) is 0 Å². The van der Waals surface area contributed by atoms with E-state index in [2.05, 4.69) is 20.3 Å². The molecule has 0 saturated heterocycles. The first kappa shape index (κ1) is 14.0. The topological polar surface area (TPSA) is 90.1 Å². The van der Waals surface area contributed by atoms with E-state index in [-0.39, 0.29) is 18.5 Å². The lowest BCUT2D eigenvalue weighted by Gasteiger charge is -2.02. The molecule has 0 bridgehead atoms. The van der Waals surface area contributed by atoms with Gasteiger partial charge in [-0.25, -0.2) is 15.0 Å². The van der Waals surface area contributed by atoms with Crippen molar-refractivity contribution < 1.29 is 13.9 Å². The van der Waals surface area contributed by atoms with Gasteiger partial charge in [-0.15, -0.1) is 0 Å². The summed E-state index contributed by atoms with van der Waals surface area (Å²) in [4.78, 5) is 24.1. The van der Waals surface area contributed by atoms with Gasteiger partial charge in [0.2, 0.25) is 5.89 Å². The third-order valence-electron chi connectivity index (χ3n) is 3.14. The summed E-state index contributed by atoms with van der Waals surface area (Å²) in [5.74, 6) is 0.147. The molecule has 22 heavy (non-hydrogen) atoms. The first-order valence-electron chi connectivity index (χ1n) is 6.66. The van der Waals surface area contributed by atoms with Gasteiger partial charge >= 0.3 is 6.01 Å². The van der Waals surface area contributed by atoms with Gasteiger partial charge in [0.25, 0.3) is 5.91 Å². The predicted octanol–water partition coefficient (Wildman–Crippen LogP) is 1.86. The molecule has 0 radical (unpaired) electrons. The normalized spacial score (nSPS) is 10.6. The average molecular weight is 298 g/mol. The Bertz CT molecular complexity index is 811. The number of nitrogens with one attached hydrogen (secondary N) is 1. The first-order valence-corrected chi connectivity index (χ1v) is 6.66. The smallest absolute Gasteiger partial charge is 0.316 e. The fraction of sp³-hybridized carbons (Fsp3) is 0.200. The number of fused-ring (bicyclic) bond motifs is 1. The molecular formula is C15H14N4O3. The number of aromatic nitrogens is 3. The van der Waals surface area contributed by atoms with E-state index in [9.17, 15) is 4.79 Å². The average Bonchev–Trinajstić information content (AvgIpc) is 2.97. The molecule has 1 aromatic carbocycles. The maximum atomic E-state index is 12.0. The van der Waals surface area contributed by atoms with Gasteiger partial charge in [0, 0.05) is 12.4 Å². The Labute approximate surface area is 126 Å². The largest absolute Gasteiger partial charge is 0.467 e. The highest BCUT2D eigenvalue weighted by Gasteiger charge is 2.11. The summed E-state index contributed by atoms with van der Waals surface area (Å²) < 4.78 is 10.4. The number of para-hydroxylation sites is 1. The Morgan fingerprint density at radius 3 is 2.77 bits per heavy atom. The van der Waals surface area contributed by atoms with Crippen LogP contribution in [0.2, 0.25) is 0 Å². The summed E-state index contributed by atoms with van der Waals surface area (Å²) in [5, 5.41) is 2.72. The number of carbonyl (C=O) groups is 1. The minimum Gasteiger partial charge on any atom is -0.467 e. The lowest BCUT2D eigenvalue weighted by molar-refractivity contribution is 0.0946. The predicted molar refractivity (Wildman–Crippen MR) is 78.5 cm³/mol. The van der Waals surface area contributed by atoms with Crippen LogP contribution in [-0.2, 0) is 6.54 Å². The highest BCUT2D eigenvalue weighted by Crippen LogP contribution is 2.18. The van der Waals surface area contributed by atoms with Crippen molar-refractivity contribution in [1.82, 2.24) is 20.3 Å². The molecule has 0 fully saturated rings. The number of rotatable bonds is 4. The lowest BCUT2D eigenvalue weighted by Crippen LogP contribution is -2.23. The van der Waals surface area contributed by atoms with E-state index in [0.29, 0.717) is 17.0 Å². The zero-order chi connectivity index (χ0) is 15.5. The Balaban J connectivity index is 1.70. The minimum atomic E-state index is -0.304. The molecule has 0 aliphatic heterocycles. The molecule has 1 N–H and O–H groups in total. The highest BCUT2D eigenvalue weighted by molar-refractivity contribution is 5.93. The SMILES string of the molecule is COc1ncc(C(=O)NCc2nc3c(C)cccc3o2)cn1. The number of ether oxygens (including phenoxy) is 1. The molecule has 0 spiro atoms. The van der Waals surface area contributed by atoms with Gasteiger partial charge in [-0.3, -0.25) is 4.79 Å². The van der Waals surface area contributed by atoms with Crippen LogP contribution in [0.25, 0.3) is 11.1 Å². The Morgan fingerprint density at radius 1 is 1.32 bits per heavy atom. The van der Waals surface area contributed by atoms with Crippen molar-refractivity contribution >= 4 is 17.0 Å². The van der Waals surface area contributed by atoms with E-state index in [0.717, 1.165) is 11.1 Å². The van der Waals surface area contributed by atoms with Gasteiger partial charge in [-0.1, -0.05) is 12.1 Å². The number of oxazole rings is 1. The van der Waals surface area contributed by atoms with Crippen molar-refractivity contribution in [1.29, 1.82) is 0 Å². The number of hydrogen-bond donors (Lipinski definition) is 1. The van der Waals surface area contributed by atoms with E-state index < -0.39 is 0 Å². The Kier molecular flexibility index (Phi) is 3.69. The van der Waals surface area contributed by atoms with Gasteiger partial charge in [0.1, 0.15) is 5.52 Å². The summed E-state index contributed by atoms with van der Waals surface area (Å²) in [7, 11) is 1.46. The number of amides is 1. The Morgan fingerprint density at radius 2 is 2.09 bits per heavy atom. The molecule has 112 valence electrons. The van der Waals surface area contributed by atoms with Crippen LogP contribution in [0.3, 0.4) is 0 Å². The summed E-state index contributed by atoms with van der Waals surface area (Å²) in [6, 6.07) is 5.92. The maximum absolute atomic E-state index is 12.0. The molecular weight excluding hydrogens is 284 g/mol. The number of nitrogens with zero attached hydrogens (tertiary/aromatic N) is 3. The van der Waals surface area contributed by atoms with E-state index in [1.807, 2.05) is 25.1 Å². The Hall–Kier alpha value is -2.96. The molecule has 0 unspecified atom stereocenters. The van der Waals surface area contributed by atoms with Crippen LogP contribution in [0.1, 0.15) is 21.8 Å². The molecule has 1 amide bonds. The highest BCUT2D eigenvalue weighted by atomic mass is 16.5. The summed E-state index contributed by atoms with van der Waals surface area (Å²) >= 11 is 0. The molecule has 3 aromatic rings. The van der Waals surface area contributed by atoms with Crippen molar-refractivity contribution in [2.75, 3.05) is 7.11 Å². The fourth-order valence-corrected chi connectivity index (χ4v) is 2.00. The summed E-state index contributed by atoms with van der Waals surface area (Å²) in [6.45, 7) is 2.15. The van der Waals surface area contributed by atoms with Crippen molar-refractivity contribution in [3.63, 3.8) is 0 Å². The molecule has 7 heteroatoms. The zero-order valence-corrected chi connectivity index (χ0v) is 12.2. The van der Waals surface area contributed by atoms with Crippen molar-refractivity contribution in [3.05, 3.63) is 47.6 Å². The third kappa shape index (κ3) is 2.73. The molecule has 3 rings (SSSR count). The van der Waals surface area contributed by atoms with Crippen LogP contribution in [-0.4, -0.2) is 28.0 Å². The van der Waals surface area contributed by atoms with E-state index >= 15 is 0 Å². The lowest BCUT2D eigenvalue weighted by atomic mass is 10.2. The third-order valence-corrected chi connectivity index (χ3v) is 3.14. The summed E-state index contributed by atoms with van der Waals surface area (Å²) in [5.41, 5.74) is 2.88. The molecule has 7 nitrogen and oxygen atoms in total. The molecule has 0 aliphatic carbocycles. The maximum Gasteiger partial charge on any atom is 0.316 e. The molecule has 0 atom stereocenters. The second-order valence-corrected chi connectivity index (χ2v) is 4.67. The molecule has 2 heterocycles. The number of carbonyl (C=O) groups excluding carboxylic acids is 1. The van der Waals surface area contributed by atoms with Crippen LogP contribution >= 0.6 is 0 Å². The van der Waals surface area contributed by atoms with Crippen molar-refractivity contribution in [3.8, 4) is 6.01 Å². The van der Waals surface area contributed by atoms with E-state index in [4.69, 9.17) is 9.15 Å². The molecule has 0 aliphatic rings. The monoisotopic (exact) mass is 298 g/mol. The van der Waals surface area contributed by atoms with Crippen molar-refractivity contribution in [2.45, 2.75) is 13.5 Å². The number of methoxy groups -OCH3 is 1. The molecule has 2 aromatic heterocycles. The first-order chi connectivity index (χ1) is 10.7. The number of hydrogen-bond acceptors (Lipinski definition) is 6. The second kappa shape index (κ2) is 5.80. The number of aryl methyl sites for hydroxylation is 1. The van der Waals surface area contributed by atoms with Crippen LogP contribution in [0.5, 0.6) is 6.01 Å². The van der Waals surface area contributed by atoms with Crippen LogP contribution < -0.4 is 10.1 Å².